The number of thiazole rings is 1. The van der Waals surface area contributed by atoms with E-state index < -0.39 is 23.7 Å². The van der Waals surface area contributed by atoms with Crippen LogP contribution in [0.1, 0.15) is 29.7 Å². The third kappa shape index (κ3) is 3.65. The summed E-state index contributed by atoms with van der Waals surface area (Å²) in [6.07, 6.45) is 0.230. The first-order valence-corrected chi connectivity index (χ1v) is 9.51. The van der Waals surface area contributed by atoms with Crippen molar-refractivity contribution in [3.8, 4) is 5.75 Å². The van der Waals surface area contributed by atoms with Crippen molar-refractivity contribution >= 4 is 45.0 Å². The third-order valence-corrected chi connectivity index (χ3v) is 5.47. The molecular formula is C19H16ClFN2O4S. The molecule has 1 aromatic heterocycles. The topological polar surface area (TPSA) is 80.9 Å². The fourth-order valence-corrected chi connectivity index (χ4v) is 4.12. The molecule has 0 fully saturated rings. The summed E-state index contributed by atoms with van der Waals surface area (Å²) < 4.78 is 21.3. The number of hydrogen-bond donors (Lipinski definition) is 1. The van der Waals surface area contributed by atoms with Crippen LogP contribution >= 0.6 is 22.9 Å². The van der Waals surface area contributed by atoms with E-state index in [0.717, 1.165) is 11.3 Å². The third-order valence-electron chi connectivity index (χ3n) is 4.17. The molecule has 1 heterocycles. The van der Waals surface area contributed by atoms with Gasteiger partial charge in [0.05, 0.1) is 17.3 Å². The van der Waals surface area contributed by atoms with Gasteiger partial charge >= 0.3 is 5.97 Å². The number of carboxylic acids is 1. The van der Waals surface area contributed by atoms with Gasteiger partial charge in [0, 0.05) is 10.6 Å². The Kier molecular flexibility index (Phi) is 5.81. The molecular weight excluding hydrogens is 407 g/mol. The van der Waals surface area contributed by atoms with Crippen LogP contribution in [0.3, 0.4) is 0 Å². The molecule has 1 atom stereocenters. The summed E-state index contributed by atoms with van der Waals surface area (Å²) in [5.41, 5.74) is 0.577. The summed E-state index contributed by atoms with van der Waals surface area (Å²) in [4.78, 5) is 28.5. The van der Waals surface area contributed by atoms with Gasteiger partial charge in [-0.3, -0.25) is 4.79 Å². The predicted molar refractivity (Wildman–Crippen MR) is 105 cm³/mol. The van der Waals surface area contributed by atoms with Gasteiger partial charge in [0.15, 0.2) is 16.4 Å². The molecule has 0 radical (unpaired) electrons. The van der Waals surface area contributed by atoms with Gasteiger partial charge in [0.2, 0.25) is 0 Å². The zero-order valence-electron chi connectivity index (χ0n) is 15.0. The monoisotopic (exact) mass is 422 g/mol. The Balaban J connectivity index is 2.29. The minimum Gasteiger partial charge on any atom is -0.494 e. The molecule has 0 aliphatic heterocycles. The van der Waals surface area contributed by atoms with Crippen LogP contribution in [0.2, 0.25) is 5.02 Å². The average molecular weight is 423 g/mol. The zero-order chi connectivity index (χ0) is 20.4. The van der Waals surface area contributed by atoms with Crippen molar-refractivity contribution in [1.29, 1.82) is 0 Å². The number of halogens is 2. The van der Waals surface area contributed by atoms with E-state index in [4.69, 9.17) is 16.3 Å². The number of hydrogen-bond acceptors (Lipinski definition) is 4. The lowest BCUT2D eigenvalue weighted by Gasteiger charge is -2.13. The second-order valence-corrected chi connectivity index (χ2v) is 7.29. The number of rotatable bonds is 5. The molecule has 0 spiro atoms. The lowest BCUT2D eigenvalue weighted by atomic mass is 10.2. The van der Waals surface area contributed by atoms with Crippen molar-refractivity contribution in [3.63, 3.8) is 0 Å². The maximum atomic E-state index is 14.7. The van der Waals surface area contributed by atoms with Crippen molar-refractivity contribution in [3.05, 3.63) is 57.6 Å². The highest BCUT2D eigenvalue weighted by Gasteiger charge is 2.24. The largest absolute Gasteiger partial charge is 0.494 e. The number of methoxy groups -OCH3 is 1. The lowest BCUT2D eigenvalue weighted by Crippen LogP contribution is -2.27. The van der Waals surface area contributed by atoms with Gasteiger partial charge in [0.1, 0.15) is 6.04 Å². The Morgan fingerprint density at radius 1 is 1.36 bits per heavy atom. The molecule has 146 valence electrons. The average Bonchev–Trinajstić information content (AvgIpc) is 3.01. The number of aromatic nitrogens is 1. The fourth-order valence-electron chi connectivity index (χ4n) is 2.83. The first kappa shape index (κ1) is 20.0. The normalized spacial score (nSPS) is 12.9. The van der Waals surface area contributed by atoms with Gasteiger partial charge in [-0.25, -0.2) is 9.18 Å². The number of fused-ring (bicyclic) bond motifs is 1. The minimum atomic E-state index is -1.10. The molecule has 28 heavy (non-hydrogen) atoms. The van der Waals surface area contributed by atoms with Crippen LogP contribution in [0, 0.1) is 5.82 Å². The first-order valence-electron chi connectivity index (χ1n) is 8.32. The predicted octanol–water partition coefficient (Wildman–Crippen LogP) is 4.28. The fraction of sp³-hybridized carbons (Fsp3) is 0.211. The molecule has 2 aromatic carbocycles. The van der Waals surface area contributed by atoms with Crippen LogP contribution in [0.15, 0.2) is 41.4 Å². The van der Waals surface area contributed by atoms with Crippen LogP contribution < -0.4 is 9.54 Å². The van der Waals surface area contributed by atoms with E-state index in [2.05, 4.69) is 4.99 Å². The Hall–Kier alpha value is -2.71. The Morgan fingerprint density at radius 3 is 2.71 bits per heavy atom. The molecule has 0 aliphatic rings. The number of nitrogens with zero attached hydrogens (tertiary/aromatic N) is 2. The second kappa shape index (κ2) is 8.12. The minimum absolute atomic E-state index is 0.0250. The molecule has 3 aromatic rings. The van der Waals surface area contributed by atoms with Crippen molar-refractivity contribution in [1.82, 2.24) is 4.57 Å². The number of carboxylic acid groups (broad SMARTS) is 1. The summed E-state index contributed by atoms with van der Waals surface area (Å²) in [5.74, 6) is -2.31. The van der Waals surface area contributed by atoms with E-state index >= 15 is 0 Å². The molecule has 1 unspecified atom stereocenters. The van der Waals surface area contributed by atoms with E-state index in [1.807, 2.05) is 0 Å². The van der Waals surface area contributed by atoms with Crippen LogP contribution in [-0.4, -0.2) is 28.7 Å². The zero-order valence-corrected chi connectivity index (χ0v) is 16.6. The number of carbonyl (C=O) groups is 2. The van der Waals surface area contributed by atoms with E-state index in [0.29, 0.717) is 10.5 Å². The first-order chi connectivity index (χ1) is 13.4. The molecule has 6 nitrogen and oxygen atoms in total. The summed E-state index contributed by atoms with van der Waals surface area (Å²) in [6, 6.07) is 8.21. The van der Waals surface area contributed by atoms with Gasteiger partial charge in [-0.1, -0.05) is 35.9 Å². The van der Waals surface area contributed by atoms with Crippen LogP contribution in [-0.2, 0) is 4.79 Å². The summed E-state index contributed by atoms with van der Waals surface area (Å²) >= 11 is 6.81. The summed E-state index contributed by atoms with van der Waals surface area (Å²) in [7, 11) is 1.34. The smallest absolute Gasteiger partial charge is 0.326 e. The molecule has 0 bridgehead atoms. The molecule has 0 saturated carbocycles. The SMILES string of the molecule is CCC(C(=O)O)n1c(=NC(=O)c2cccc(Cl)c2)sc2c(F)c(OC)ccc21. The molecule has 1 N–H and O–H groups in total. The molecule has 0 aliphatic carbocycles. The molecule has 9 heteroatoms. The number of aliphatic carboxylic acids is 1. The molecule has 1 amide bonds. The van der Waals surface area contributed by atoms with Gasteiger partial charge in [-0.05, 0) is 36.8 Å². The number of carbonyl (C=O) groups excluding carboxylic acids is 1. The number of benzene rings is 2. The molecule has 0 saturated heterocycles. The Bertz CT molecular complexity index is 1140. The second-order valence-electron chi connectivity index (χ2n) is 5.87. The van der Waals surface area contributed by atoms with Crippen LogP contribution in [0.25, 0.3) is 10.2 Å². The van der Waals surface area contributed by atoms with E-state index in [-0.39, 0.29) is 27.2 Å². The highest BCUT2D eigenvalue weighted by molar-refractivity contribution is 7.16. The Labute approximate surface area is 168 Å². The summed E-state index contributed by atoms with van der Waals surface area (Å²) in [6.45, 7) is 1.69. The van der Waals surface area contributed by atoms with E-state index in [1.54, 1.807) is 31.2 Å². The van der Waals surface area contributed by atoms with Crippen molar-refractivity contribution in [2.24, 2.45) is 4.99 Å². The van der Waals surface area contributed by atoms with Gasteiger partial charge in [-0.2, -0.15) is 4.99 Å². The quantitative estimate of drug-likeness (QED) is 0.665. The van der Waals surface area contributed by atoms with Crippen molar-refractivity contribution < 1.29 is 23.8 Å². The highest BCUT2D eigenvalue weighted by atomic mass is 35.5. The van der Waals surface area contributed by atoms with E-state index in [9.17, 15) is 19.1 Å². The Morgan fingerprint density at radius 2 is 2.11 bits per heavy atom. The van der Waals surface area contributed by atoms with E-state index in [1.165, 1.54) is 23.8 Å². The van der Waals surface area contributed by atoms with Gasteiger partial charge in [-0.15, -0.1) is 0 Å². The van der Waals surface area contributed by atoms with Crippen LogP contribution in [0.4, 0.5) is 4.39 Å². The highest BCUT2D eigenvalue weighted by Crippen LogP contribution is 2.30. The standard InChI is InChI=1S/C19H16ClFN2O4S/c1-3-12(18(25)26)23-13-7-8-14(27-2)15(21)16(13)28-19(23)22-17(24)10-5-4-6-11(20)9-10/h4-9,12H,3H2,1-2H3,(H,25,26). The maximum absolute atomic E-state index is 14.7. The van der Waals surface area contributed by atoms with Gasteiger partial charge < -0.3 is 14.4 Å². The van der Waals surface area contributed by atoms with Crippen LogP contribution in [0.5, 0.6) is 5.75 Å². The van der Waals surface area contributed by atoms with Crippen molar-refractivity contribution in [2.75, 3.05) is 7.11 Å². The maximum Gasteiger partial charge on any atom is 0.326 e. The van der Waals surface area contributed by atoms with Gasteiger partial charge in [0.25, 0.3) is 5.91 Å². The molecule has 3 rings (SSSR count). The summed E-state index contributed by atoms with van der Waals surface area (Å²) in [5, 5.41) is 9.98. The van der Waals surface area contributed by atoms with Crippen molar-refractivity contribution in [2.45, 2.75) is 19.4 Å². The number of ether oxygens (including phenoxy) is 1. The lowest BCUT2D eigenvalue weighted by molar-refractivity contribution is -0.140. The number of amides is 1.